The number of carbonyl (C=O) groups is 3. The van der Waals surface area contributed by atoms with Gasteiger partial charge in [0.1, 0.15) is 23.7 Å². The Labute approximate surface area is 327 Å². The number of hydrogen-bond donors (Lipinski definition) is 4. The van der Waals surface area contributed by atoms with Gasteiger partial charge in [0.25, 0.3) is 0 Å². The van der Waals surface area contributed by atoms with E-state index in [0.29, 0.717) is 18.9 Å². The molecule has 4 atom stereocenters. The van der Waals surface area contributed by atoms with E-state index in [9.17, 15) is 19.5 Å². The van der Waals surface area contributed by atoms with Crippen LogP contribution in [0.1, 0.15) is 81.3 Å². The highest BCUT2D eigenvalue weighted by molar-refractivity contribution is 5.86. The minimum absolute atomic E-state index is 0.0998. The molecule has 0 aliphatic carbocycles. The van der Waals surface area contributed by atoms with Crippen LogP contribution in [0.4, 0.5) is 4.79 Å². The maximum Gasteiger partial charge on any atom is 0.405 e. The third kappa shape index (κ3) is 8.01. The van der Waals surface area contributed by atoms with Gasteiger partial charge in [-0.3, -0.25) is 14.5 Å². The second-order valence-corrected chi connectivity index (χ2v) is 14.5. The predicted molar refractivity (Wildman–Crippen MR) is 216 cm³/mol. The van der Waals surface area contributed by atoms with Crippen LogP contribution in [0.2, 0.25) is 0 Å². The van der Waals surface area contributed by atoms with Crippen LogP contribution < -0.4 is 5.32 Å². The summed E-state index contributed by atoms with van der Waals surface area (Å²) in [6.45, 7) is 10.7. The van der Waals surface area contributed by atoms with Crippen molar-refractivity contribution in [2.75, 3.05) is 26.2 Å². The zero-order valence-corrected chi connectivity index (χ0v) is 32.0. The zero-order valence-electron chi connectivity index (χ0n) is 32.0. The van der Waals surface area contributed by atoms with Crippen LogP contribution >= 0.6 is 0 Å². The fourth-order valence-corrected chi connectivity index (χ4v) is 8.25. The molecule has 3 amide bonds. The molecule has 12 nitrogen and oxygen atoms in total. The number of imidazole rings is 2. The maximum atomic E-state index is 14.2. The first-order valence-electron chi connectivity index (χ1n) is 19.6. The summed E-state index contributed by atoms with van der Waals surface area (Å²) < 4.78 is 0. The standard InChI is InChI=1S/C44H50N8O4/c1-4-12-34(49-44(55)56)42(53)51-25-10-15-37(51)40-45-27-35(47-40)31-21-17-29(18-22-31)30-19-23-32(24-20-30)36-28-46-41(48-36)38-16-11-26-52(38)43(54)39(50(5-2)6-3)33-13-8-7-9-14-33/h4,7-9,13-14,17-24,27-28,34,37-39,49H,1,5-6,10-12,15-16,25-26H2,2-3H3,(H,45,47)(H,46,48)(H,55,56)/t34-,37-,38-,39+/m0/s1. The zero-order chi connectivity index (χ0) is 39.2. The van der Waals surface area contributed by atoms with Gasteiger partial charge >= 0.3 is 6.09 Å². The summed E-state index contributed by atoms with van der Waals surface area (Å²) in [5.41, 5.74) is 6.90. The minimum Gasteiger partial charge on any atom is -0.465 e. The van der Waals surface area contributed by atoms with Crippen molar-refractivity contribution in [2.24, 2.45) is 0 Å². The smallest absolute Gasteiger partial charge is 0.405 e. The van der Waals surface area contributed by atoms with Gasteiger partial charge in [0, 0.05) is 13.1 Å². The van der Waals surface area contributed by atoms with E-state index in [1.54, 1.807) is 17.2 Å². The first-order valence-corrected chi connectivity index (χ1v) is 19.6. The van der Waals surface area contributed by atoms with Gasteiger partial charge in [0.15, 0.2) is 0 Å². The molecule has 4 heterocycles. The Bertz CT molecular complexity index is 2120. The Balaban J connectivity index is 1.01. The molecule has 2 saturated heterocycles. The molecule has 0 unspecified atom stereocenters. The van der Waals surface area contributed by atoms with Crippen LogP contribution in [0.5, 0.6) is 0 Å². The second kappa shape index (κ2) is 17.2. The number of likely N-dealkylation sites (tertiary alicyclic amines) is 2. The largest absolute Gasteiger partial charge is 0.465 e. The van der Waals surface area contributed by atoms with Gasteiger partial charge < -0.3 is 30.2 Å². The second-order valence-electron chi connectivity index (χ2n) is 14.5. The van der Waals surface area contributed by atoms with Gasteiger partial charge in [-0.15, -0.1) is 6.58 Å². The number of aromatic amines is 2. The molecule has 0 bridgehead atoms. The number of likely N-dealkylation sites (N-methyl/N-ethyl adjacent to an activating group) is 1. The van der Waals surface area contributed by atoms with Crippen LogP contribution in [-0.2, 0) is 9.59 Å². The fraction of sp³-hybridized carbons (Fsp3) is 0.341. The summed E-state index contributed by atoms with van der Waals surface area (Å²) >= 11 is 0. The lowest BCUT2D eigenvalue weighted by molar-refractivity contribution is -0.138. The van der Waals surface area contributed by atoms with E-state index in [2.05, 4.69) is 82.0 Å². The molecular weight excluding hydrogens is 705 g/mol. The van der Waals surface area contributed by atoms with Crippen molar-refractivity contribution >= 4 is 17.9 Å². The van der Waals surface area contributed by atoms with Crippen LogP contribution in [0, 0.1) is 0 Å². The Hall–Kier alpha value is -6.01. The maximum absolute atomic E-state index is 14.2. The number of rotatable bonds is 14. The van der Waals surface area contributed by atoms with E-state index in [4.69, 9.17) is 4.98 Å². The van der Waals surface area contributed by atoms with Crippen LogP contribution in [0.15, 0.2) is 104 Å². The highest BCUT2D eigenvalue weighted by Gasteiger charge is 2.38. The molecule has 2 fully saturated rings. The fourth-order valence-electron chi connectivity index (χ4n) is 8.25. The number of H-pyrrole nitrogens is 2. The first-order chi connectivity index (χ1) is 27.3. The average molecular weight is 755 g/mol. The van der Waals surface area contributed by atoms with E-state index in [-0.39, 0.29) is 36.4 Å². The number of carbonyl (C=O) groups excluding carboxylic acids is 2. The Morgan fingerprint density at radius 3 is 1.73 bits per heavy atom. The van der Waals surface area contributed by atoms with Gasteiger partial charge in [-0.05, 0) is 73.0 Å². The quantitative estimate of drug-likeness (QED) is 0.0847. The molecule has 0 spiro atoms. The number of nitrogens with zero attached hydrogens (tertiary/aromatic N) is 5. The van der Waals surface area contributed by atoms with Gasteiger partial charge in [-0.2, -0.15) is 0 Å². The Morgan fingerprint density at radius 2 is 1.27 bits per heavy atom. The molecule has 5 aromatic rings. The molecule has 0 saturated carbocycles. The number of aromatic nitrogens is 4. The van der Waals surface area contributed by atoms with E-state index >= 15 is 0 Å². The van der Waals surface area contributed by atoms with Gasteiger partial charge in [0.2, 0.25) is 11.8 Å². The number of carboxylic acid groups (broad SMARTS) is 1. The third-order valence-electron chi connectivity index (χ3n) is 11.1. The SMILES string of the molecule is C=CC[C@H](NC(=O)O)C(=O)N1CCC[C@H]1c1ncc(-c2ccc(-c3ccc(-c4cnc([C@@H]5CCCN5C(=O)[C@@H](c5ccccc5)N(CC)CC)[nH]4)cc3)cc2)[nH]1. The third-order valence-corrected chi connectivity index (χ3v) is 11.1. The van der Waals surface area contributed by atoms with E-state index in [1.807, 2.05) is 53.6 Å². The molecule has 2 aliphatic rings. The summed E-state index contributed by atoms with van der Waals surface area (Å²) in [6.07, 6.45) is 7.53. The molecule has 4 N–H and O–H groups in total. The van der Waals surface area contributed by atoms with Crippen molar-refractivity contribution in [3.05, 3.63) is 121 Å². The number of benzene rings is 3. The van der Waals surface area contributed by atoms with Gasteiger partial charge in [-0.25, -0.2) is 14.8 Å². The number of hydrogen-bond acceptors (Lipinski definition) is 6. The van der Waals surface area contributed by atoms with Crippen molar-refractivity contribution in [1.29, 1.82) is 0 Å². The monoisotopic (exact) mass is 754 g/mol. The van der Waals surface area contributed by atoms with E-state index in [0.717, 1.165) is 83.8 Å². The average Bonchev–Trinajstić information content (AvgIpc) is 4.07. The summed E-state index contributed by atoms with van der Waals surface area (Å²) in [7, 11) is 0. The Kier molecular flexibility index (Phi) is 11.8. The van der Waals surface area contributed by atoms with Crippen molar-refractivity contribution in [3.63, 3.8) is 0 Å². The molecule has 12 heteroatoms. The molecule has 0 radical (unpaired) electrons. The molecule has 2 aliphatic heterocycles. The van der Waals surface area contributed by atoms with Crippen LogP contribution in [0.25, 0.3) is 33.6 Å². The lowest BCUT2D eigenvalue weighted by Crippen LogP contribution is -2.47. The molecule has 2 aromatic heterocycles. The first kappa shape index (κ1) is 38.3. The van der Waals surface area contributed by atoms with Gasteiger partial charge in [-0.1, -0.05) is 98.8 Å². The topological polar surface area (TPSA) is 151 Å². The van der Waals surface area contributed by atoms with Crippen LogP contribution in [-0.4, -0.2) is 89.9 Å². The molecule has 7 rings (SSSR count). The Morgan fingerprint density at radius 1 is 0.786 bits per heavy atom. The molecule has 3 aromatic carbocycles. The highest BCUT2D eigenvalue weighted by Crippen LogP contribution is 2.36. The summed E-state index contributed by atoms with van der Waals surface area (Å²) in [5.74, 6) is 1.36. The molecular formula is C44H50N8O4. The van der Waals surface area contributed by atoms with E-state index in [1.165, 1.54) is 0 Å². The normalized spacial score (nSPS) is 17.9. The van der Waals surface area contributed by atoms with Crippen molar-refractivity contribution < 1.29 is 19.5 Å². The summed E-state index contributed by atoms with van der Waals surface area (Å²) in [5, 5.41) is 11.6. The minimum atomic E-state index is -1.24. The van der Waals surface area contributed by atoms with E-state index < -0.39 is 12.1 Å². The van der Waals surface area contributed by atoms with Crippen molar-refractivity contribution in [3.8, 4) is 33.6 Å². The van der Waals surface area contributed by atoms with Crippen molar-refractivity contribution in [2.45, 2.75) is 70.1 Å². The summed E-state index contributed by atoms with van der Waals surface area (Å²) in [6, 6.07) is 25.2. The number of nitrogens with one attached hydrogen (secondary N) is 3. The molecule has 290 valence electrons. The lowest BCUT2D eigenvalue weighted by Gasteiger charge is -2.34. The lowest BCUT2D eigenvalue weighted by atomic mass is 10.0. The highest BCUT2D eigenvalue weighted by atomic mass is 16.4. The summed E-state index contributed by atoms with van der Waals surface area (Å²) in [4.78, 5) is 61.1. The molecule has 56 heavy (non-hydrogen) atoms. The predicted octanol–water partition coefficient (Wildman–Crippen LogP) is 7.76. The van der Waals surface area contributed by atoms with Crippen molar-refractivity contribution in [1.82, 2.24) is 40.0 Å². The van der Waals surface area contributed by atoms with Crippen LogP contribution in [0.3, 0.4) is 0 Å². The van der Waals surface area contributed by atoms with Gasteiger partial charge in [0.05, 0.1) is 35.9 Å². The number of amides is 3.